The number of aromatic nitrogens is 2. The molecule has 0 bridgehead atoms. The van der Waals surface area contributed by atoms with Gasteiger partial charge >= 0.3 is 6.36 Å². The Kier molecular flexibility index (Phi) is 4.07. The van der Waals surface area contributed by atoms with Crippen LogP contribution >= 0.6 is 0 Å². The summed E-state index contributed by atoms with van der Waals surface area (Å²) in [6, 6.07) is 5.62. The third-order valence-corrected chi connectivity index (χ3v) is 2.39. The summed E-state index contributed by atoms with van der Waals surface area (Å²) in [4.78, 5) is 8.13. The molecule has 106 valence electrons. The maximum atomic E-state index is 12.0. The summed E-state index contributed by atoms with van der Waals surface area (Å²) >= 11 is 0. The fraction of sp³-hybridized carbons (Fsp3) is 0.231. The van der Waals surface area contributed by atoms with E-state index in [2.05, 4.69) is 20.0 Å². The van der Waals surface area contributed by atoms with Gasteiger partial charge in [0.05, 0.1) is 0 Å². The monoisotopic (exact) mass is 283 g/mol. The Morgan fingerprint density at radius 3 is 2.25 bits per heavy atom. The van der Waals surface area contributed by atoms with Gasteiger partial charge in [0.2, 0.25) is 5.95 Å². The van der Waals surface area contributed by atoms with Crippen LogP contribution in [0.25, 0.3) is 0 Å². The van der Waals surface area contributed by atoms with E-state index in [0.717, 1.165) is 11.1 Å². The fourth-order valence-corrected chi connectivity index (χ4v) is 1.47. The van der Waals surface area contributed by atoms with Crippen LogP contribution in [0, 0.1) is 6.92 Å². The second-order valence-corrected chi connectivity index (χ2v) is 4.13. The molecule has 0 saturated heterocycles. The predicted octanol–water partition coefficient (Wildman–Crippen LogP) is 3.30. The third-order valence-electron chi connectivity index (χ3n) is 2.39. The summed E-state index contributed by atoms with van der Waals surface area (Å²) in [7, 11) is 0. The maximum absolute atomic E-state index is 12.0. The minimum Gasteiger partial charge on any atom is -0.406 e. The van der Waals surface area contributed by atoms with Crippen LogP contribution in [0.1, 0.15) is 11.1 Å². The first-order valence-electron chi connectivity index (χ1n) is 5.79. The van der Waals surface area contributed by atoms with Crippen LogP contribution in [0.15, 0.2) is 36.7 Å². The molecule has 7 heteroatoms. The second kappa shape index (κ2) is 5.77. The van der Waals surface area contributed by atoms with Crippen molar-refractivity contribution in [3.63, 3.8) is 0 Å². The molecule has 0 saturated carbocycles. The number of alkyl halides is 3. The largest absolute Gasteiger partial charge is 0.573 e. The summed E-state index contributed by atoms with van der Waals surface area (Å²) in [6.07, 6.45) is -1.32. The molecule has 2 rings (SSSR count). The van der Waals surface area contributed by atoms with Crippen molar-refractivity contribution in [3.05, 3.63) is 47.8 Å². The molecule has 1 heterocycles. The smallest absolute Gasteiger partial charge is 0.406 e. The molecular formula is C13H12F3N3O. The van der Waals surface area contributed by atoms with Crippen LogP contribution in [0.2, 0.25) is 0 Å². The molecule has 0 atom stereocenters. The van der Waals surface area contributed by atoms with Gasteiger partial charge in [-0.05, 0) is 30.2 Å². The molecule has 0 aliphatic carbocycles. The zero-order chi connectivity index (χ0) is 14.6. The number of ether oxygens (including phenoxy) is 1. The number of hydrogen-bond acceptors (Lipinski definition) is 4. The van der Waals surface area contributed by atoms with Crippen LogP contribution < -0.4 is 10.1 Å². The van der Waals surface area contributed by atoms with Crippen LogP contribution in [0.4, 0.5) is 19.1 Å². The summed E-state index contributed by atoms with van der Waals surface area (Å²) in [5, 5.41) is 2.97. The Labute approximate surface area is 113 Å². The zero-order valence-electron chi connectivity index (χ0n) is 10.6. The lowest BCUT2D eigenvalue weighted by molar-refractivity contribution is -0.274. The van der Waals surface area contributed by atoms with Crippen molar-refractivity contribution in [2.24, 2.45) is 0 Å². The lowest BCUT2D eigenvalue weighted by Crippen LogP contribution is -2.17. The van der Waals surface area contributed by atoms with Crippen LogP contribution in [0.5, 0.6) is 5.75 Å². The number of aryl methyl sites for hydroxylation is 1. The molecule has 0 fully saturated rings. The van der Waals surface area contributed by atoms with Crippen molar-refractivity contribution in [2.45, 2.75) is 19.8 Å². The van der Waals surface area contributed by atoms with E-state index in [1.807, 2.05) is 6.92 Å². The molecule has 20 heavy (non-hydrogen) atoms. The van der Waals surface area contributed by atoms with E-state index >= 15 is 0 Å². The topological polar surface area (TPSA) is 47.0 Å². The fourth-order valence-electron chi connectivity index (χ4n) is 1.47. The first-order valence-corrected chi connectivity index (χ1v) is 5.79. The number of hydrogen-bond donors (Lipinski definition) is 1. The van der Waals surface area contributed by atoms with E-state index in [0.29, 0.717) is 12.5 Å². The molecule has 1 aromatic heterocycles. The summed E-state index contributed by atoms with van der Waals surface area (Å²) in [6.45, 7) is 2.29. The van der Waals surface area contributed by atoms with Gasteiger partial charge in [0.15, 0.2) is 0 Å². The Morgan fingerprint density at radius 2 is 1.70 bits per heavy atom. The minimum atomic E-state index is -4.67. The molecule has 0 unspecified atom stereocenters. The van der Waals surface area contributed by atoms with Crippen LogP contribution in [-0.2, 0) is 6.54 Å². The van der Waals surface area contributed by atoms with Gasteiger partial charge in [-0.1, -0.05) is 12.1 Å². The molecular weight excluding hydrogens is 271 g/mol. The highest BCUT2D eigenvalue weighted by Gasteiger charge is 2.30. The van der Waals surface area contributed by atoms with Gasteiger partial charge in [-0.25, -0.2) is 9.97 Å². The summed E-state index contributed by atoms with van der Waals surface area (Å²) < 4.78 is 39.8. The van der Waals surface area contributed by atoms with Crippen molar-refractivity contribution >= 4 is 5.95 Å². The molecule has 1 aromatic carbocycles. The number of rotatable bonds is 4. The quantitative estimate of drug-likeness (QED) is 0.935. The van der Waals surface area contributed by atoms with E-state index < -0.39 is 6.36 Å². The Balaban J connectivity index is 1.92. The van der Waals surface area contributed by atoms with Gasteiger partial charge in [-0.15, -0.1) is 13.2 Å². The molecule has 0 aliphatic rings. The van der Waals surface area contributed by atoms with Gasteiger partial charge in [0.25, 0.3) is 0 Å². The number of benzene rings is 1. The maximum Gasteiger partial charge on any atom is 0.573 e. The molecule has 2 aromatic rings. The van der Waals surface area contributed by atoms with Crippen LogP contribution in [-0.4, -0.2) is 16.3 Å². The van der Waals surface area contributed by atoms with Gasteiger partial charge in [0.1, 0.15) is 5.75 Å². The highest BCUT2D eigenvalue weighted by Crippen LogP contribution is 2.22. The number of nitrogens with one attached hydrogen (secondary N) is 1. The SMILES string of the molecule is Cc1cnc(NCc2ccc(OC(F)(F)F)cc2)nc1. The Hall–Kier alpha value is -2.31. The van der Waals surface area contributed by atoms with Gasteiger partial charge < -0.3 is 10.1 Å². The average molecular weight is 283 g/mol. The van der Waals surface area contributed by atoms with E-state index in [1.165, 1.54) is 12.1 Å². The standard InChI is InChI=1S/C13H12F3N3O/c1-9-6-17-12(18-7-9)19-8-10-2-4-11(5-3-10)20-13(14,15)16/h2-7H,8H2,1H3,(H,17,18,19). The van der Waals surface area contributed by atoms with E-state index in [-0.39, 0.29) is 5.75 Å². The molecule has 0 aliphatic heterocycles. The van der Waals surface area contributed by atoms with Crippen molar-refractivity contribution in [1.29, 1.82) is 0 Å². The number of halogens is 3. The number of anilines is 1. The molecule has 0 spiro atoms. The minimum absolute atomic E-state index is 0.243. The molecule has 4 nitrogen and oxygen atoms in total. The third kappa shape index (κ3) is 4.42. The average Bonchev–Trinajstić information content (AvgIpc) is 2.38. The van der Waals surface area contributed by atoms with Crippen molar-refractivity contribution in [1.82, 2.24) is 9.97 Å². The van der Waals surface area contributed by atoms with Gasteiger partial charge in [0, 0.05) is 18.9 Å². The molecule has 0 amide bonds. The summed E-state index contributed by atoms with van der Waals surface area (Å²) in [5.41, 5.74) is 1.74. The van der Waals surface area contributed by atoms with E-state index in [9.17, 15) is 13.2 Å². The normalized spacial score (nSPS) is 11.2. The van der Waals surface area contributed by atoms with Crippen molar-refractivity contribution in [3.8, 4) is 5.75 Å². The first kappa shape index (κ1) is 14.1. The van der Waals surface area contributed by atoms with Gasteiger partial charge in [-0.3, -0.25) is 0 Å². The summed E-state index contributed by atoms with van der Waals surface area (Å²) in [5.74, 6) is 0.221. The van der Waals surface area contributed by atoms with Crippen molar-refractivity contribution < 1.29 is 17.9 Å². The molecule has 1 N–H and O–H groups in total. The first-order chi connectivity index (χ1) is 9.42. The Bertz CT molecular complexity index is 553. The lowest BCUT2D eigenvalue weighted by atomic mass is 10.2. The Morgan fingerprint density at radius 1 is 1.10 bits per heavy atom. The highest BCUT2D eigenvalue weighted by molar-refractivity contribution is 5.31. The van der Waals surface area contributed by atoms with Crippen LogP contribution in [0.3, 0.4) is 0 Å². The van der Waals surface area contributed by atoms with Gasteiger partial charge in [-0.2, -0.15) is 0 Å². The lowest BCUT2D eigenvalue weighted by Gasteiger charge is -2.09. The predicted molar refractivity (Wildman–Crippen MR) is 67.2 cm³/mol. The highest BCUT2D eigenvalue weighted by atomic mass is 19.4. The number of nitrogens with zero attached hydrogens (tertiary/aromatic N) is 2. The van der Waals surface area contributed by atoms with E-state index in [4.69, 9.17) is 0 Å². The molecule has 0 radical (unpaired) electrons. The van der Waals surface area contributed by atoms with E-state index in [1.54, 1.807) is 24.5 Å². The zero-order valence-corrected chi connectivity index (χ0v) is 10.6. The van der Waals surface area contributed by atoms with Crippen molar-refractivity contribution in [2.75, 3.05) is 5.32 Å². The second-order valence-electron chi connectivity index (χ2n) is 4.13.